The molecule has 0 atom stereocenters. The lowest BCUT2D eigenvalue weighted by Gasteiger charge is -2.06. The lowest BCUT2D eigenvalue weighted by atomic mass is 10.2. The fraction of sp³-hybridized carbons (Fsp3) is 0.385. The highest BCUT2D eigenvalue weighted by molar-refractivity contribution is 5.87. The summed E-state index contributed by atoms with van der Waals surface area (Å²) in [6.45, 7) is 0.297. The van der Waals surface area contributed by atoms with Gasteiger partial charge in [0.2, 0.25) is 5.91 Å². The van der Waals surface area contributed by atoms with Crippen molar-refractivity contribution in [3.05, 3.63) is 29.8 Å². The van der Waals surface area contributed by atoms with Crippen LogP contribution in [0.5, 0.6) is 5.75 Å². The highest BCUT2D eigenvalue weighted by Crippen LogP contribution is 2.18. The number of carboxylic acid groups (broad SMARTS) is 1. The molecule has 96 valence electrons. The maximum absolute atomic E-state index is 11.4. The molecule has 5 heteroatoms. The molecule has 5 nitrogen and oxygen atoms in total. The first kappa shape index (κ1) is 12.4. The van der Waals surface area contributed by atoms with Crippen LogP contribution in [0.1, 0.15) is 29.6 Å². The number of ether oxygens (including phenoxy) is 1. The van der Waals surface area contributed by atoms with Crippen LogP contribution < -0.4 is 10.1 Å². The SMILES string of the molecule is O=C(CCOc1ccc(C(=O)O)cc1)NC1CC1. The number of benzene rings is 1. The van der Waals surface area contributed by atoms with Gasteiger partial charge in [0, 0.05) is 6.04 Å². The van der Waals surface area contributed by atoms with E-state index in [4.69, 9.17) is 9.84 Å². The summed E-state index contributed by atoms with van der Waals surface area (Å²) in [6.07, 6.45) is 2.46. The number of amides is 1. The van der Waals surface area contributed by atoms with Crippen molar-refractivity contribution in [1.29, 1.82) is 0 Å². The molecular weight excluding hydrogens is 234 g/mol. The van der Waals surface area contributed by atoms with E-state index in [1.165, 1.54) is 12.1 Å². The summed E-state index contributed by atoms with van der Waals surface area (Å²) in [5.74, 6) is -0.399. The molecule has 1 aromatic rings. The monoisotopic (exact) mass is 249 g/mol. The number of carbonyl (C=O) groups is 2. The van der Waals surface area contributed by atoms with Crippen molar-refractivity contribution < 1.29 is 19.4 Å². The summed E-state index contributed by atoms with van der Waals surface area (Å²) in [5.41, 5.74) is 0.217. The second-order valence-corrected chi connectivity index (χ2v) is 4.27. The van der Waals surface area contributed by atoms with Crippen molar-refractivity contribution in [2.45, 2.75) is 25.3 Å². The molecule has 1 aliphatic carbocycles. The summed E-state index contributed by atoms with van der Waals surface area (Å²) in [7, 11) is 0. The number of rotatable bonds is 6. The molecule has 1 fully saturated rings. The van der Waals surface area contributed by atoms with E-state index >= 15 is 0 Å². The first-order chi connectivity index (χ1) is 8.65. The van der Waals surface area contributed by atoms with Crippen LogP contribution >= 0.6 is 0 Å². The predicted molar refractivity (Wildman–Crippen MR) is 64.7 cm³/mol. The minimum absolute atomic E-state index is 0.000318. The number of aromatic carboxylic acids is 1. The minimum atomic E-state index is -0.967. The highest BCUT2D eigenvalue weighted by atomic mass is 16.5. The number of nitrogens with one attached hydrogen (secondary N) is 1. The topological polar surface area (TPSA) is 75.6 Å². The number of hydrogen-bond donors (Lipinski definition) is 2. The standard InChI is InChI=1S/C13H15NO4/c15-12(14-10-3-4-10)7-8-18-11-5-1-9(2-6-11)13(16)17/h1-2,5-6,10H,3-4,7-8H2,(H,14,15)(H,16,17). The van der Waals surface area contributed by atoms with Gasteiger partial charge < -0.3 is 15.2 Å². The average Bonchev–Trinajstić information content (AvgIpc) is 3.13. The molecule has 18 heavy (non-hydrogen) atoms. The van der Waals surface area contributed by atoms with Crippen LogP contribution in [0, 0.1) is 0 Å². The fourth-order valence-electron chi connectivity index (χ4n) is 1.48. The smallest absolute Gasteiger partial charge is 0.335 e. The number of carbonyl (C=O) groups excluding carboxylic acids is 1. The zero-order valence-corrected chi connectivity index (χ0v) is 9.89. The van der Waals surface area contributed by atoms with Crippen LogP contribution in [-0.4, -0.2) is 29.6 Å². The molecule has 2 N–H and O–H groups in total. The zero-order chi connectivity index (χ0) is 13.0. The Morgan fingerprint density at radius 2 is 1.94 bits per heavy atom. The van der Waals surface area contributed by atoms with Gasteiger partial charge in [-0.3, -0.25) is 4.79 Å². The molecule has 1 saturated carbocycles. The number of hydrogen-bond acceptors (Lipinski definition) is 3. The Morgan fingerprint density at radius 1 is 1.28 bits per heavy atom. The third kappa shape index (κ3) is 3.76. The Hall–Kier alpha value is -2.04. The van der Waals surface area contributed by atoms with Crippen molar-refractivity contribution in [2.24, 2.45) is 0 Å². The summed E-state index contributed by atoms with van der Waals surface area (Å²) >= 11 is 0. The summed E-state index contributed by atoms with van der Waals surface area (Å²) in [5, 5.41) is 11.6. The van der Waals surface area contributed by atoms with Gasteiger partial charge in [-0.05, 0) is 37.1 Å². The fourth-order valence-corrected chi connectivity index (χ4v) is 1.48. The molecule has 2 rings (SSSR count). The predicted octanol–water partition coefficient (Wildman–Crippen LogP) is 1.43. The second-order valence-electron chi connectivity index (χ2n) is 4.27. The van der Waals surface area contributed by atoms with Crippen molar-refractivity contribution in [2.75, 3.05) is 6.61 Å². The van der Waals surface area contributed by atoms with Crippen LogP contribution in [0.25, 0.3) is 0 Å². The Balaban J connectivity index is 1.72. The van der Waals surface area contributed by atoms with E-state index < -0.39 is 5.97 Å². The quantitative estimate of drug-likeness (QED) is 0.799. The van der Waals surface area contributed by atoms with Gasteiger partial charge >= 0.3 is 5.97 Å². The van der Waals surface area contributed by atoms with E-state index in [0.29, 0.717) is 24.8 Å². The molecule has 0 spiro atoms. The summed E-state index contributed by atoms with van der Waals surface area (Å²) in [6, 6.07) is 6.49. The molecule has 0 heterocycles. The molecule has 1 aliphatic rings. The Kier molecular flexibility index (Phi) is 3.82. The average molecular weight is 249 g/mol. The van der Waals surface area contributed by atoms with Gasteiger partial charge in [-0.25, -0.2) is 4.79 Å². The first-order valence-corrected chi connectivity index (χ1v) is 5.90. The van der Waals surface area contributed by atoms with Gasteiger partial charge in [-0.15, -0.1) is 0 Å². The normalized spacial score (nSPS) is 14.0. The Labute approximate surface area is 105 Å². The van der Waals surface area contributed by atoms with Crippen LogP contribution in [0.3, 0.4) is 0 Å². The number of carboxylic acids is 1. The molecule has 0 unspecified atom stereocenters. The third-order valence-electron chi connectivity index (χ3n) is 2.64. The van der Waals surface area contributed by atoms with Gasteiger partial charge in [0.1, 0.15) is 5.75 Å². The highest BCUT2D eigenvalue weighted by Gasteiger charge is 2.22. The van der Waals surface area contributed by atoms with Gasteiger partial charge in [0.25, 0.3) is 0 Å². The zero-order valence-electron chi connectivity index (χ0n) is 9.89. The van der Waals surface area contributed by atoms with Crippen molar-refractivity contribution in [3.63, 3.8) is 0 Å². The van der Waals surface area contributed by atoms with E-state index in [1.807, 2.05) is 0 Å². The minimum Gasteiger partial charge on any atom is -0.493 e. The van der Waals surface area contributed by atoms with Gasteiger partial charge in [-0.1, -0.05) is 0 Å². The maximum Gasteiger partial charge on any atom is 0.335 e. The van der Waals surface area contributed by atoms with Crippen molar-refractivity contribution in [1.82, 2.24) is 5.32 Å². The molecule has 0 radical (unpaired) electrons. The van der Waals surface area contributed by atoms with Gasteiger partial charge in [-0.2, -0.15) is 0 Å². The lowest BCUT2D eigenvalue weighted by molar-refractivity contribution is -0.121. The van der Waals surface area contributed by atoms with Gasteiger partial charge in [0.15, 0.2) is 0 Å². The maximum atomic E-state index is 11.4. The second kappa shape index (κ2) is 5.53. The van der Waals surface area contributed by atoms with E-state index in [-0.39, 0.29) is 11.5 Å². The molecule has 0 bridgehead atoms. The summed E-state index contributed by atoms with van der Waals surface area (Å²) < 4.78 is 5.36. The first-order valence-electron chi connectivity index (χ1n) is 5.90. The van der Waals surface area contributed by atoms with Crippen LogP contribution in [0.2, 0.25) is 0 Å². The Morgan fingerprint density at radius 3 is 2.50 bits per heavy atom. The van der Waals surface area contributed by atoms with E-state index in [0.717, 1.165) is 12.8 Å². The molecular formula is C13H15NO4. The van der Waals surface area contributed by atoms with Crippen molar-refractivity contribution >= 4 is 11.9 Å². The molecule has 1 amide bonds. The van der Waals surface area contributed by atoms with E-state index in [9.17, 15) is 9.59 Å². The molecule has 1 aromatic carbocycles. The van der Waals surface area contributed by atoms with Crippen molar-refractivity contribution in [3.8, 4) is 5.75 Å². The van der Waals surface area contributed by atoms with Crippen LogP contribution in [0.15, 0.2) is 24.3 Å². The van der Waals surface area contributed by atoms with Gasteiger partial charge in [0.05, 0.1) is 18.6 Å². The van der Waals surface area contributed by atoms with E-state index in [2.05, 4.69) is 5.32 Å². The largest absolute Gasteiger partial charge is 0.493 e. The van der Waals surface area contributed by atoms with Crippen LogP contribution in [0.4, 0.5) is 0 Å². The lowest BCUT2D eigenvalue weighted by Crippen LogP contribution is -2.26. The van der Waals surface area contributed by atoms with Crippen LogP contribution in [-0.2, 0) is 4.79 Å². The molecule has 0 saturated heterocycles. The van der Waals surface area contributed by atoms with E-state index in [1.54, 1.807) is 12.1 Å². The third-order valence-corrected chi connectivity index (χ3v) is 2.64. The molecule has 0 aromatic heterocycles. The Bertz CT molecular complexity index is 437. The summed E-state index contributed by atoms with van der Waals surface area (Å²) in [4.78, 5) is 22.0. The molecule has 0 aliphatic heterocycles.